The Morgan fingerprint density at radius 2 is 1.92 bits per heavy atom. The molecule has 0 radical (unpaired) electrons. The van der Waals surface area contributed by atoms with Gasteiger partial charge in [-0.15, -0.1) is 0 Å². The lowest BCUT2D eigenvalue weighted by molar-refractivity contribution is -0.186. The summed E-state index contributed by atoms with van der Waals surface area (Å²) in [6.07, 6.45) is -9.10. The Bertz CT molecular complexity index is 1480. The summed E-state index contributed by atoms with van der Waals surface area (Å²) in [7, 11) is 0. The van der Waals surface area contributed by atoms with Gasteiger partial charge in [-0.2, -0.15) is 26.3 Å². The molecule has 0 unspecified atom stereocenters. The Morgan fingerprint density at radius 3 is 2.64 bits per heavy atom. The Hall–Kier alpha value is -3.59. The van der Waals surface area contributed by atoms with Crippen LogP contribution in [-0.4, -0.2) is 52.6 Å². The van der Waals surface area contributed by atoms with Crippen LogP contribution < -0.4 is 15.4 Å². The molecule has 0 aliphatic carbocycles. The van der Waals surface area contributed by atoms with E-state index in [4.69, 9.17) is 16.3 Å². The van der Waals surface area contributed by atoms with Gasteiger partial charge in [0.2, 0.25) is 5.95 Å². The van der Waals surface area contributed by atoms with Gasteiger partial charge >= 0.3 is 18.3 Å². The molecule has 0 spiro atoms. The number of hydrogen-bond acceptors (Lipinski definition) is 7. The van der Waals surface area contributed by atoms with Crippen LogP contribution in [0.25, 0.3) is 10.6 Å². The van der Waals surface area contributed by atoms with E-state index >= 15 is 0 Å². The zero-order valence-corrected chi connectivity index (χ0v) is 21.0. The third-order valence-corrected chi connectivity index (χ3v) is 7.34. The van der Waals surface area contributed by atoms with Crippen LogP contribution in [0, 0.1) is 0 Å². The standard InChI is InChI=1S/C23H16ClF6N5O3S/c24-14-5-11-9-35(20(37)23(28,29)30)3-1-10(11)6-15(14)33-21-32-8-13(22(25,26)27)17(34-21)16-7-12-18(36)31-2-4-38-19(12)39-16/h5-8H,1-4,9H2,(H,31,36)(H,32,33,34). The topological polar surface area (TPSA) is 96.5 Å². The van der Waals surface area contributed by atoms with Crippen molar-refractivity contribution in [2.24, 2.45) is 0 Å². The number of halogens is 7. The van der Waals surface area contributed by atoms with Gasteiger partial charge in [-0.3, -0.25) is 9.59 Å². The molecule has 0 saturated heterocycles. The first kappa shape index (κ1) is 27.0. The van der Waals surface area contributed by atoms with E-state index in [1.165, 1.54) is 18.2 Å². The number of anilines is 2. The first-order chi connectivity index (χ1) is 18.3. The molecule has 5 rings (SSSR count). The van der Waals surface area contributed by atoms with Crippen molar-refractivity contribution in [2.75, 3.05) is 25.0 Å². The molecule has 16 heteroatoms. The Balaban J connectivity index is 1.46. The normalized spacial score (nSPS) is 15.6. The maximum absolute atomic E-state index is 13.8. The van der Waals surface area contributed by atoms with Gasteiger partial charge in [0, 0.05) is 19.3 Å². The van der Waals surface area contributed by atoms with Crippen molar-refractivity contribution in [2.45, 2.75) is 25.3 Å². The molecule has 2 aromatic heterocycles. The number of thiophene rings is 1. The molecule has 8 nitrogen and oxygen atoms in total. The number of alkyl halides is 6. The Labute approximate surface area is 224 Å². The summed E-state index contributed by atoms with van der Waals surface area (Å²) in [6.45, 7) is -0.0666. The summed E-state index contributed by atoms with van der Waals surface area (Å²) in [6, 6.07) is 4.17. The van der Waals surface area contributed by atoms with Crippen LogP contribution >= 0.6 is 22.9 Å². The molecule has 0 fully saturated rings. The second-order valence-electron chi connectivity index (χ2n) is 8.57. The molecular weight excluding hydrogens is 576 g/mol. The number of hydrogen-bond donors (Lipinski definition) is 2. The highest BCUT2D eigenvalue weighted by atomic mass is 35.5. The molecule has 2 N–H and O–H groups in total. The summed E-state index contributed by atoms with van der Waals surface area (Å²) in [5.74, 6) is -2.67. The van der Waals surface area contributed by atoms with Crippen molar-refractivity contribution < 1.29 is 40.7 Å². The van der Waals surface area contributed by atoms with Gasteiger partial charge in [-0.1, -0.05) is 22.9 Å². The van der Waals surface area contributed by atoms with Crippen molar-refractivity contribution in [1.82, 2.24) is 20.2 Å². The van der Waals surface area contributed by atoms with E-state index in [9.17, 15) is 35.9 Å². The SMILES string of the molecule is O=C1NCCOc2sc(-c3nc(Nc4cc5c(cc4Cl)CN(C(=O)C(F)(F)F)CC5)ncc3C(F)(F)F)cc21. The van der Waals surface area contributed by atoms with Gasteiger partial charge in [-0.25, -0.2) is 9.97 Å². The number of fused-ring (bicyclic) bond motifs is 2. The summed E-state index contributed by atoms with van der Waals surface area (Å²) in [4.78, 5) is 32.4. The minimum absolute atomic E-state index is 0.0285. The predicted octanol–water partition coefficient (Wildman–Crippen LogP) is 5.19. The van der Waals surface area contributed by atoms with Crippen LogP contribution in [0.1, 0.15) is 27.0 Å². The Kier molecular flexibility index (Phi) is 6.83. The number of nitrogens with one attached hydrogen (secondary N) is 2. The van der Waals surface area contributed by atoms with E-state index in [-0.39, 0.29) is 64.8 Å². The van der Waals surface area contributed by atoms with E-state index in [0.29, 0.717) is 22.2 Å². The van der Waals surface area contributed by atoms with E-state index < -0.39 is 35.4 Å². The molecule has 2 aliphatic rings. The zero-order chi connectivity index (χ0) is 28.1. The van der Waals surface area contributed by atoms with Gasteiger partial charge < -0.3 is 20.3 Å². The van der Waals surface area contributed by atoms with Crippen molar-refractivity contribution >= 4 is 46.4 Å². The lowest BCUT2D eigenvalue weighted by Crippen LogP contribution is -2.43. The average molecular weight is 592 g/mol. The third kappa shape index (κ3) is 5.45. The molecule has 0 atom stereocenters. The van der Waals surface area contributed by atoms with Gasteiger partial charge in [0.1, 0.15) is 12.2 Å². The molecule has 4 heterocycles. The number of aromatic nitrogens is 2. The molecule has 1 aromatic carbocycles. The molecular formula is C23H16ClF6N5O3S. The first-order valence-electron chi connectivity index (χ1n) is 11.2. The monoisotopic (exact) mass is 591 g/mol. The fraction of sp³-hybridized carbons (Fsp3) is 0.304. The largest absolute Gasteiger partial charge is 0.481 e. The molecule has 2 amide bonds. The minimum atomic E-state index is -5.00. The first-order valence-corrected chi connectivity index (χ1v) is 12.4. The summed E-state index contributed by atoms with van der Waals surface area (Å²) in [5.41, 5.74) is -0.307. The molecule has 0 saturated carbocycles. The quantitative estimate of drug-likeness (QED) is 0.407. The van der Waals surface area contributed by atoms with E-state index in [2.05, 4.69) is 20.6 Å². The Morgan fingerprint density at radius 1 is 1.15 bits per heavy atom. The lowest BCUT2D eigenvalue weighted by Gasteiger charge is -2.30. The summed E-state index contributed by atoms with van der Waals surface area (Å²) < 4.78 is 85.4. The van der Waals surface area contributed by atoms with Crippen LogP contribution in [0.15, 0.2) is 24.4 Å². The molecule has 2 aliphatic heterocycles. The van der Waals surface area contributed by atoms with Crippen molar-refractivity contribution in [3.05, 3.63) is 51.7 Å². The maximum atomic E-state index is 13.8. The number of carbonyl (C=O) groups is 2. The van der Waals surface area contributed by atoms with Gasteiger partial charge in [0.25, 0.3) is 5.91 Å². The molecule has 3 aromatic rings. The van der Waals surface area contributed by atoms with E-state index in [1.54, 1.807) is 0 Å². The second-order valence-corrected chi connectivity index (χ2v) is 9.99. The van der Waals surface area contributed by atoms with Crippen LogP contribution in [0.3, 0.4) is 0 Å². The van der Waals surface area contributed by atoms with Crippen LogP contribution in [-0.2, 0) is 23.9 Å². The fourth-order valence-electron chi connectivity index (χ4n) is 4.15. The van der Waals surface area contributed by atoms with Gasteiger partial charge in [-0.05, 0) is 35.7 Å². The number of nitrogens with zero attached hydrogens (tertiary/aromatic N) is 3. The highest BCUT2D eigenvalue weighted by molar-refractivity contribution is 7.17. The van der Waals surface area contributed by atoms with Crippen molar-refractivity contribution in [1.29, 1.82) is 0 Å². The predicted molar refractivity (Wildman–Crippen MR) is 128 cm³/mol. The van der Waals surface area contributed by atoms with Crippen LogP contribution in [0.2, 0.25) is 5.02 Å². The van der Waals surface area contributed by atoms with Crippen molar-refractivity contribution in [3.63, 3.8) is 0 Å². The molecule has 0 bridgehead atoms. The molecule has 206 valence electrons. The number of amides is 2. The number of benzene rings is 1. The van der Waals surface area contributed by atoms with E-state index in [0.717, 1.165) is 11.3 Å². The lowest BCUT2D eigenvalue weighted by atomic mass is 9.99. The fourth-order valence-corrected chi connectivity index (χ4v) is 5.41. The number of ether oxygens (including phenoxy) is 1. The zero-order valence-electron chi connectivity index (χ0n) is 19.5. The third-order valence-electron chi connectivity index (χ3n) is 5.97. The van der Waals surface area contributed by atoms with Crippen LogP contribution in [0.4, 0.5) is 38.0 Å². The second kappa shape index (κ2) is 9.86. The van der Waals surface area contributed by atoms with Gasteiger partial charge in [0.05, 0.1) is 33.4 Å². The van der Waals surface area contributed by atoms with Crippen molar-refractivity contribution in [3.8, 4) is 15.6 Å². The summed E-state index contributed by atoms with van der Waals surface area (Å²) in [5, 5.41) is 5.55. The highest BCUT2D eigenvalue weighted by Gasteiger charge is 2.43. The average Bonchev–Trinajstić information content (AvgIpc) is 3.21. The number of carbonyl (C=O) groups excluding carboxylic acids is 2. The smallest absolute Gasteiger partial charge is 0.471 e. The minimum Gasteiger partial charge on any atom is -0.481 e. The molecule has 39 heavy (non-hydrogen) atoms. The van der Waals surface area contributed by atoms with E-state index in [1.807, 2.05) is 0 Å². The van der Waals surface area contributed by atoms with Crippen LogP contribution in [0.5, 0.6) is 5.06 Å². The summed E-state index contributed by atoms with van der Waals surface area (Å²) >= 11 is 7.14. The maximum Gasteiger partial charge on any atom is 0.471 e. The number of rotatable bonds is 3. The highest BCUT2D eigenvalue weighted by Crippen LogP contribution is 2.43. The van der Waals surface area contributed by atoms with Gasteiger partial charge in [0.15, 0.2) is 5.06 Å².